The number of halogens is 1. The van der Waals surface area contributed by atoms with Crippen molar-refractivity contribution in [2.75, 3.05) is 12.3 Å². The van der Waals surface area contributed by atoms with Gasteiger partial charge >= 0.3 is 17.8 Å². The molecule has 0 aliphatic carbocycles. The van der Waals surface area contributed by atoms with Crippen molar-refractivity contribution in [2.24, 2.45) is 5.92 Å². The number of anilines is 1. The smallest absolute Gasteiger partial charge is 0.408 e. The molecule has 5 N–H and O–H groups in total. The Bertz CT molecular complexity index is 899. The maximum Gasteiger partial charge on any atom is 0.408 e. The number of carbonyl (C=O) groups is 2. The Balaban J connectivity index is 0.00000544. The molecule has 1 aromatic rings. The Labute approximate surface area is 197 Å². The molecule has 0 spiro atoms. The molecule has 1 amide bonds. The summed E-state index contributed by atoms with van der Waals surface area (Å²) in [5.41, 5.74) is 2.02. The van der Waals surface area contributed by atoms with Crippen molar-refractivity contribution in [3.05, 3.63) is 22.7 Å². The molecule has 33 heavy (non-hydrogen) atoms. The molecule has 2 unspecified atom stereocenters. The number of esters is 1. The fourth-order valence-corrected chi connectivity index (χ4v) is 3.31. The number of alkyl carbamates (subject to hydrolysis) is 1. The molecule has 1 aliphatic heterocycles. The van der Waals surface area contributed by atoms with Gasteiger partial charge in [0.15, 0.2) is 12.3 Å². The first-order valence-corrected chi connectivity index (χ1v) is 10.2. The van der Waals surface area contributed by atoms with E-state index in [1.807, 2.05) is 0 Å². The molecule has 1 fully saturated rings. The summed E-state index contributed by atoms with van der Waals surface area (Å²) in [6.07, 6.45) is -3.33. The molecular weight excluding hydrogens is 460 g/mol. The predicted molar refractivity (Wildman–Crippen MR) is 120 cm³/mol. The van der Waals surface area contributed by atoms with Gasteiger partial charge in [-0.25, -0.2) is 14.4 Å². The minimum Gasteiger partial charge on any atom is -0.455 e. The Morgan fingerprint density at radius 2 is 2.00 bits per heavy atom. The van der Waals surface area contributed by atoms with Crippen LogP contribution in [-0.2, 0) is 19.0 Å². The van der Waals surface area contributed by atoms with E-state index in [1.54, 1.807) is 34.6 Å². The number of amides is 1. The van der Waals surface area contributed by atoms with Crippen molar-refractivity contribution in [3.63, 3.8) is 0 Å². The van der Waals surface area contributed by atoms with E-state index >= 15 is 0 Å². The Morgan fingerprint density at radius 1 is 1.39 bits per heavy atom. The highest BCUT2D eigenvalue weighted by molar-refractivity contribution is 5.85. The average molecular weight is 493 g/mol. The molecule has 0 saturated carbocycles. The molecule has 0 bridgehead atoms. The van der Waals surface area contributed by atoms with Crippen molar-refractivity contribution in [2.45, 2.75) is 77.2 Å². The largest absolute Gasteiger partial charge is 0.455 e. The number of nitrogens with one attached hydrogen (secondary N) is 1. The molecule has 0 radical (unpaired) electrons. The van der Waals surface area contributed by atoms with Crippen LogP contribution >= 0.6 is 12.4 Å². The summed E-state index contributed by atoms with van der Waals surface area (Å²) in [7, 11) is 0. The van der Waals surface area contributed by atoms with Gasteiger partial charge in [-0.1, -0.05) is 13.8 Å². The van der Waals surface area contributed by atoms with Gasteiger partial charge in [0.1, 0.15) is 29.2 Å². The van der Waals surface area contributed by atoms with E-state index in [4.69, 9.17) is 19.9 Å². The summed E-state index contributed by atoms with van der Waals surface area (Å²) >= 11 is 0. The number of carbonyl (C=O) groups excluding carboxylic acids is 2. The number of aliphatic hydroxyl groups is 2. The van der Waals surface area contributed by atoms with Crippen LogP contribution in [0, 0.1) is 5.92 Å². The second-order valence-corrected chi connectivity index (χ2v) is 9.20. The third-order valence-electron chi connectivity index (χ3n) is 4.84. The van der Waals surface area contributed by atoms with Gasteiger partial charge in [-0.2, -0.15) is 4.98 Å². The summed E-state index contributed by atoms with van der Waals surface area (Å²) in [4.78, 5) is 40.9. The van der Waals surface area contributed by atoms with Crippen LogP contribution in [0.25, 0.3) is 0 Å². The highest BCUT2D eigenvalue weighted by Gasteiger charge is 2.56. The summed E-state index contributed by atoms with van der Waals surface area (Å²) < 4.78 is 17.3. The molecule has 1 aromatic heterocycles. The van der Waals surface area contributed by atoms with Gasteiger partial charge in [0.25, 0.3) is 0 Å². The van der Waals surface area contributed by atoms with E-state index in [-0.39, 0.29) is 24.1 Å². The van der Waals surface area contributed by atoms with Crippen molar-refractivity contribution < 1.29 is 34.0 Å². The second kappa shape index (κ2) is 10.7. The number of ether oxygens (including phenoxy) is 3. The van der Waals surface area contributed by atoms with E-state index in [1.165, 1.54) is 19.2 Å². The van der Waals surface area contributed by atoms with Crippen molar-refractivity contribution in [1.82, 2.24) is 14.9 Å². The van der Waals surface area contributed by atoms with Gasteiger partial charge in [0.05, 0.1) is 6.61 Å². The Kier molecular flexibility index (Phi) is 9.26. The molecule has 12 nitrogen and oxygen atoms in total. The third kappa shape index (κ3) is 6.79. The summed E-state index contributed by atoms with van der Waals surface area (Å²) in [5.74, 6) is -1.25. The van der Waals surface area contributed by atoms with E-state index in [0.717, 1.165) is 4.57 Å². The van der Waals surface area contributed by atoms with Gasteiger partial charge in [0, 0.05) is 6.20 Å². The van der Waals surface area contributed by atoms with E-state index in [2.05, 4.69) is 10.3 Å². The Morgan fingerprint density at radius 3 is 2.48 bits per heavy atom. The molecule has 5 atom stereocenters. The van der Waals surface area contributed by atoms with Crippen molar-refractivity contribution in [3.8, 4) is 0 Å². The summed E-state index contributed by atoms with van der Waals surface area (Å²) in [6.45, 7) is 9.14. The molecule has 1 aliphatic rings. The standard InChI is InChI=1S/C20H32N4O8.ClH/c1-10(2)13(23-18(28)32-19(3,4)5)15(26)31-14-11(9-25)30-16(20(14,6)29)24-8-7-12(21)22-17(24)27;/h7-8,10-11,13-14,16,25,29H,9H2,1-6H3,(H,23,28)(H2,21,22,27);1H/t11-,13?,14-,16-,20?;/m0./s1. The van der Waals surface area contributed by atoms with Crippen molar-refractivity contribution >= 4 is 30.3 Å². The minimum atomic E-state index is -1.92. The molecule has 2 heterocycles. The van der Waals surface area contributed by atoms with Crippen LogP contribution in [0.4, 0.5) is 10.6 Å². The zero-order chi connectivity index (χ0) is 24.4. The summed E-state index contributed by atoms with van der Waals surface area (Å²) in [5, 5.41) is 23.3. The number of nitrogens with zero attached hydrogens (tertiary/aromatic N) is 2. The number of aromatic nitrogens is 2. The zero-order valence-corrected chi connectivity index (χ0v) is 20.3. The zero-order valence-electron chi connectivity index (χ0n) is 19.5. The highest BCUT2D eigenvalue weighted by Crippen LogP contribution is 2.39. The molecule has 188 valence electrons. The van der Waals surface area contributed by atoms with Crippen LogP contribution in [0.1, 0.15) is 47.8 Å². The molecule has 0 aromatic carbocycles. The first kappa shape index (κ1) is 28.6. The van der Waals surface area contributed by atoms with Crippen LogP contribution in [0.5, 0.6) is 0 Å². The average Bonchev–Trinajstić information content (AvgIpc) is 2.88. The number of nitrogen functional groups attached to an aromatic ring is 1. The lowest BCUT2D eigenvalue weighted by atomic mass is 9.95. The quantitative estimate of drug-likeness (QED) is 0.405. The van der Waals surface area contributed by atoms with Crippen LogP contribution in [-0.4, -0.2) is 67.9 Å². The molecule has 1 saturated heterocycles. The lowest BCUT2D eigenvalue weighted by Crippen LogP contribution is -2.53. The molecule has 13 heteroatoms. The minimum absolute atomic E-state index is 0. The van der Waals surface area contributed by atoms with Crippen LogP contribution < -0.4 is 16.7 Å². The van der Waals surface area contributed by atoms with Gasteiger partial charge in [0.2, 0.25) is 0 Å². The number of rotatable bonds is 6. The number of aliphatic hydroxyl groups excluding tert-OH is 1. The number of nitrogens with two attached hydrogens (primary N) is 1. The SMILES string of the molecule is CC(C)C(NC(=O)OC(C)(C)C)C(=O)O[C@H]1[C@H](CO)O[C@H](n2ccc(N)nc2=O)C1(C)O.Cl. The molecular formula is C20H33ClN4O8. The number of hydrogen-bond donors (Lipinski definition) is 4. The van der Waals surface area contributed by atoms with Gasteiger partial charge < -0.3 is 35.5 Å². The van der Waals surface area contributed by atoms with E-state index in [0.29, 0.717) is 0 Å². The maximum atomic E-state index is 12.9. The lowest BCUT2D eigenvalue weighted by molar-refractivity contribution is -0.167. The lowest BCUT2D eigenvalue weighted by Gasteiger charge is -2.32. The van der Waals surface area contributed by atoms with Crippen LogP contribution in [0.2, 0.25) is 0 Å². The first-order chi connectivity index (χ1) is 14.7. The van der Waals surface area contributed by atoms with E-state index in [9.17, 15) is 24.6 Å². The number of hydrogen-bond acceptors (Lipinski definition) is 10. The van der Waals surface area contributed by atoms with Crippen LogP contribution in [0.3, 0.4) is 0 Å². The van der Waals surface area contributed by atoms with Crippen LogP contribution in [0.15, 0.2) is 17.1 Å². The maximum absolute atomic E-state index is 12.9. The molecule has 2 rings (SSSR count). The fourth-order valence-electron chi connectivity index (χ4n) is 3.31. The van der Waals surface area contributed by atoms with Gasteiger partial charge in [-0.15, -0.1) is 12.4 Å². The third-order valence-corrected chi connectivity index (χ3v) is 4.84. The first-order valence-electron chi connectivity index (χ1n) is 10.2. The van der Waals surface area contributed by atoms with Gasteiger partial charge in [-0.05, 0) is 39.7 Å². The second-order valence-electron chi connectivity index (χ2n) is 9.20. The predicted octanol–water partition coefficient (Wildman–Crippen LogP) is 0.349. The van der Waals surface area contributed by atoms with Gasteiger partial charge in [-0.3, -0.25) is 4.57 Å². The topological polar surface area (TPSA) is 175 Å². The van der Waals surface area contributed by atoms with Crippen molar-refractivity contribution in [1.29, 1.82) is 0 Å². The highest BCUT2D eigenvalue weighted by atomic mass is 35.5. The normalized spacial score (nSPS) is 25.8. The van der Waals surface area contributed by atoms with E-state index < -0.39 is 60.0 Å². The monoisotopic (exact) mass is 492 g/mol. The summed E-state index contributed by atoms with van der Waals surface area (Å²) in [6, 6.07) is 0.244. The Hall–Kier alpha value is -2.41. The fraction of sp³-hybridized carbons (Fsp3) is 0.700.